The van der Waals surface area contributed by atoms with E-state index >= 15 is 0 Å². The molecule has 0 bridgehead atoms. The zero-order chi connectivity index (χ0) is 12.2. The summed E-state index contributed by atoms with van der Waals surface area (Å²) in [4.78, 5) is 4.00. The third kappa shape index (κ3) is 2.62. The van der Waals surface area contributed by atoms with Crippen LogP contribution in [0.4, 0.5) is 0 Å². The molecule has 0 saturated heterocycles. The third-order valence-electron chi connectivity index (χ3n) is 2.76. The molecule has 0 amide bonds. The Balaban J connectivity index is 3.28. The molecule has 0 saturated carbocycles. The molecule has 0 N–H and O–H groups in total. The van der Waals surface area contributed by atoms with E-state index in [1.165, 1.54) is 0 Å². The zero-order valence-electron chi connectivity index (χ0n) is 9.79. The minimum atomic E-state index is -0.178. The van der Waals surface area contributed by atoms with Crippen LogP contribution in [-0.4, -0.2) is 4.98 Å². The third-order valence-corrected chi connectivity index (χ3v) is 3.46. The van der Waals surface area contributed by atoms with Gasteiger partial charge in [0.15, 0.2) is 0 Å². The van der Waals surface area contributed by atoms with Gasteiger partial charge < -0.3 is 0 Å². The summed E-state index contributed by atoms with van der Waals surface area (Å²) in [6.07, 6.45) is 4.22. The lowest BCUT2D eigenvalue weighted by molar-refractivity contribution is 0.452. The fraction of sp³-hybridized carbons (Fsp3) is 0.385. The highest BCUT2D eigenvalue weighted by atomic mass is 35.5. The van der Waals surface area contributed by atoms with E-state index in [1.54, 1.807) is 18.5 Å². The van der Waals surface area contributed by atoms with Gasteiger partial charge in [0, 0.05) is 28.4 Å². The van der Waals surface area contributed by atoms with Crippen LogP contribution in [0.1, 0.15) is 32.8 Å². The summed E-state index contributed by atoms with van der Waals surface area (Å²) in [6.45, 7) is 6.12. The first kappa shape index (κ1) is 12.7. The molecular formula is C13H15ClN2. The van der Waals surface area contributed by atoms with Gasteiger partial charge in [-0.05, 0) is 12.5 Å². The van der Waals surface area contributed by atoms with E-state index in [9.17, 15) is 5.26 Å². The number of hydrogen-bond acceptors (Lipinski definition) is 2. The molecule has 16 heavy (non-hydrogen) atoms. The van der Waals surface area contributed by atoms with E-state index in [2.05, 4.69) is 18.0 Å². The molecule has 1 heterocycles. The number of allylic oxidation sites excluding steroid dienone is 2. The van der Waals surface area contributed by atoms with Gasteiger partial charge in [0.25, 0.3) is 0 Å². The van der Waals surface area contributed by atoms with E-state index in [1.807, 2.05) is 19.9 Å². The minimum absolute atomic E-state index is 0.178. The topological polar surface area (TPSA) is 36.7 Å². The average molecular weight is 235 g/mol. The zero-order valence-corrected chi connectivity index (χ0v) is 10.5. The van der Waals surface area contributed by atoms with Crippen molar-refractivity contribution in [2.45, 2.75) is 27.2 Å². The number of aromatic nitrogens is 1. The van der Waals surface area contributed by atoms with Crippen molar-refractivity contribution in [2.75, 3.05) is 0 Å². The maximum Gasteiger partial charge on any atom is 0.101 e. The Labute approximate surface area is 102 Å². The molecule has 84 valence electrons. The Morgan fingerprint density at radius 2 is 2.25 bits per heavy atom. The van der Waals surface area contributed by atoms with Crippen LogP contribution < -0.4 is 0 Å². The standard InChI is InChI=1S/C13H15ClN2/c1-4-13(2,3)12(14)11(8-15)10-6-5-7-16-9-10/h5-7,9H,4H2,1-3H3/b12-11+. The molecule has 1 aromatic heterocycles. The van der Waals surface area contributed by atoms with Crippen LogP contribution in [0.25, 0.3) is 5.57 Å². The molecule has 0 aliphatic rings. The Morgan fingerprint density at radius 3 is 2.69 bits per heavy atom. The van der Waals surface area contributed by atoms with Gasteiger partial charge in [-0.25, -0.2) is 0 Å². The molecule has 3 heteroatoms. The highest BCUT2D eigenvalue weighted by Gasteiger charge is 2.23. The minimum Gasteiger partial charge on any atom is -0.264 e. The quantitative estimate of drug-likeness (QED) is 0.742. The van der Waals surface area contributed by atoms with E-state index in [0.29, 0.717) is 10.6 Å². The molecule has 0 aliphatic heterocycles. The number of pyridine rings is 1. The summed E-state index contributed by atoms with van der Waals surface area (Å²) in [5.41, 5.74) is 1.11. The SMILES string of the molecule is CCC(C)(C)/C(Cl)=C(/C#N)c1cccnc1. The van der Waals surface area contributed by atoms with Crippen LogP contribution in [0.3, 0.4) is 0 Å². The average Bonchev–Trinajstić information content (AvgIpc) is 2.31. The summed E-state index contributed by atoms with van der Waals surface area (Å²) in [7, 11) is 0. The van der Waals surface area contributed by atoms with Crippen molar-refractivity contribution in [3.05, 3.63) is 35.1 Å². The Hall–Kier alpha value is -1.33. The summed E-state index contributed by atoms with van der Waals surface area (Å²) >= 11 is 6.30. The van der Waals surface area contributed by atoms with Crippen LogP contribution in [0, 0.1) is 16.7 Å². The van der Waals surface area contributed by atoms with Gasteiger partial charge in [0.05, 0.1) is 5.57 Å². The molecule has 1 aromatic rings. The molecule has 2 nitrogen and oxygen atoms in total. The highest BCUT2D eigenvalue weighted by molar-refractivity contribution is 6.34. The number of nitrogens with zero attached hydrogens (tertiary/aromatic N) is 2. The van der Waals surface area contributed by atoms with Gasteiger partial charge >= 0.3 is 0 Å². The van der Waals surface area contributed by atoms with Gasteiger partial charge in [-0.3, -0.25) is 4.98 Å². The van der Waals surface area contributed by atoms with Crippen molar-refractivity contribution in [2.24, 2.45) is 5.41 Å². The molecule has 0 aliphatic carbocycles. The second-order valence-electron chi connectivity index (χ2n) is 4.28. The maximum atomic E-state index is 9.19. The molecular weight excluding hydrogens is 220 g/mol. The Morgan fingerprint density at radius 1 is 1.56 bits per heavy atom. The van der Waals surface area contributed by atoms with Crippen LogP contribution in [-0.2, 0) is 0 Å². The van der Waals surface area contributed by atoms with Crippen molar-refractivity contribution in [3.63, 3.8) is 0 Å². The van der Waals surface area contributed by atoms with Crippen molar-refractivity contribution in [1.29, 1.82) is 5.26 Å². The number of rotatable bonds is 3. The summed E-state index contributed by atoms with van der Waals surface area (Å²) < 4.78 is 0. The number of halogens is 1. The van der Waals surface area contributed by atoms with Crippen molar-refractivity contribution >= 4 is 17.2 Å². The molecule has 0 spiro atoms. The fourth-order valence-electron chi connectivity index (χ4n) is 1.24. The smallest absolute Gasteiger partial charge is 0.101 e. The van der Waals surface area contributed by atoms with Crippen molar-refractivity contribution in [3.8, 4) is 6.07 Å². The lowest BCUT2D eigenvalue weighted by atomic mass is 9.86. The normalized spacial score (nSPS) is 12.9. The molecule has 0 aromatic carbocycles. The first-order valence-corrected chi connectivity index (χ1v) is 5.61. The van der Waals surface area contributed by atoms with Crippen LogP contribution in [0.2, 0.25) is 0 Å². The fourth-order valence-corrected chi connectivity index (χ4v) is 1.53. The van der Waals surface area contributed by atoms with Gasteiger partial charge in [-0.15, -0.1) is 0 Å². The first-order valence-electron chi connectivity index (χ1n) is 5.23. The van der Waals surface area contributed by atoms with E-state index < -0.39 is 0 Å². The Kier molecular flexibility index (Phi) is 4.09. The van der Waals surface area contributed by atoms with Gasteiger partial charge in [-0.2, -0.15) is 5.26 Å². The second kappa shape index (κ2) is 5.14. The van der Waals surface area contributed by atoms with E-state index in [-0.39, 0.29) is 5.41 Å². The molecule has 0 atom stereocenters. The summed E-state index contributed by atoms with van der Waals surface area (Å²) in [6, 6.07) is 5.81. The van der Waals surface area contributed by atoms with Crippen molar-refractivity contribution < 1.29 is 0 Å². The predicted octanol–water partition coefficient (Wildman–Crippen LogP) is 3.99. The van der Waals surface area contributed by atoms with E-state index in [0.717, 1.165) is 12.0 Å². The van der Waals surface area contributed by atoms with Crippen LogP contribution in [0.15, 0.2) is 29.6 Å². The molecule has 0 fully saturated rings. The van der Waals surface area contributed by atoms with Gasteiger partial charge in [0.2, 0.25) is 0 Å². The first-order chi connectivity index (χ1) is 7.53. The van der Waals surface area contributed by atoms with E-state index in [4.69, 9.17) is 11.6 Å². The largest absolute Gasteiger partial charge is 0.264 e. The lowest BCUT2D eigenvalue weighted by Gasteiger charge is -2.23. The molecule has 1 rings (SSSR count). The van der Waals surface area contributed by atoms with Gasteiger partial charge in [0.1, 0.15) is 6.07 Å². The number of nitriles is 1. The van der Waals surface area contributed by atoms with Gasteiger partial charge in [-0.1, -0.05) is 38.4 Å². The Bertz CT molecular complexity index is 427. The molecule has 0 unspecified atom stereocenters. The monoisotopic (exact) mass is 234 g/mol. The maximum absolute atomic E-state index is 9.19. The molecule has 0 radical (unpaired) electrons. The number of hydrogen-bond donors (Lipinski definition) is 0. The summed E-state index contributed by atoms with van der Waals surface area (Å²) in [5, 5.41) is 9.79. The highest BCUT2D eigenvalue weighted by Crippen LogP contribution is 2.37. The van der Waals surface area contributed by atoms with Crippen molar-refractivity contribution in [1.82, 2.24) is 4.98 Å². The van der Waals surface area contributed by atoms with Crippen LogP contribution >= 0.6 is 11.6 Å². The summed E-state index contributed by atoms with van der Waals surface area (Å²) in [5.74, 6) is 0. The lowest BCUT2D eigenvalue weighted by Crippen LogP contribution is -2.11. The van der Waals surface area contributed by atoms with Crippen LogP contribution in [0.5, 0.6) is 0 Å². The predicted molar refractivity (Wildman–Crippen MR) is 66.7 cm³/mol. The second-order valence-corrected chi connectivity index (χ2v) is 4.66.